The minimum Gasteiger partial charge on any atom is -0.497 e. The lowest BCUT2D eigenvalue weighted by Gasteiger charge is -2.11. The number of anilines is 3. The number of rotatable bonds is 8. The summed E-state index contributed by atoms with van der Waals surface area (Å²) in [5.41, 5.74) is 4.47. The van der Waals surface area contributed by atoms with Gasteiger partial charge in [0.2, 0.25) is 5.95 Å². The van der Waals surface area contributed by atoms with Gasteiger partial charge in [0.1, 0.15) is 11.6 Å². The van der Waals surface area contributed by atoms with E-state index in [-0.39, 0.29) is 0 Å². The molecule has 0 spiro atoms. The van der Waals surface area contributed by atoms with E-state index in [9.17, 15) is 0 Å². The fourth-order valence-corrected chi connectivity index (χ4v) is 2.92. The standard InChI is InChI=1S/C23H28N4O/c1-16(2)19-7-9-20(10-8-19)26-23-25-17(3)15-22(27-23)24-14-13-18-5-11-21(28-4)12-6-18/h5-12,15-16H,13-14H2,1-4H3,(H2,24,25,26,27). The molecule has 1 heterocycles. The second kappa shape index (κ2) is 9.22. The van der Waals surface area contributed by atoms with Crippen molar-refractivity contribution in [3.63, 3.8) is 0 Å². The van der Waals surface area contributed by atoms with E-state index in [4.69, 9.17) is 4.74 Å². The summed E-state index contributed by atoms with van der Waals surface area (Å²) in [5, 5.41) is 6.69. The number of hydrogen-bond acceptors (Lipinski definition) is 5. The summed E-state index contributed by atoms with van der Waals surface area (Å²) in [7, 11) is 1.68. The summed E-state index contributed by atoms with van der Waals surface area (Å²) in [6.45, 7) is 7.15. The van der Waals surface area contributed by atoms with Gasteiger partial charge in [0.05, 0.1) is 7.11 Å². The van der Waals surface area contributed by atoms with Gasteiger partial charge in [-0.2, -0.15) is 4.98 Å². The number of aromatic nitrogens is 2. The van der Waals surface area contributed by atoms with Crippen molar-refractivity contribution in [3.8, 4) is 5.75 Å². The lowest BCUT2D eigenvalue weighted by atomic mass is 10.0. The zero-order valence-electron chi connectivity index (χ0n) is 17.0. The fraction of sp³-hybridized carbons (Fsp3) is 0.304. The molecule has 0 aliphatic rings. The molecule has 0 bridgehead atoms. The predicted molar refractivity (Wildman–Crippen MR) is 116 cm³/mol. The third-order valence-corrected chi connectivity index (χ3v) is 4.57. The molecular weight excluding hydrogens is 348 g/mol. The Hall–Kier alpha value is -3.08. The quantitative estimate of drug-likeness (QED) is 0.557. The first-order valence-corrected chi connectivity index (χ1v) is 9.63. The fourth-order valence-electron chi connectivity index (χ4n) is 2.92. The molecule has 0 fully saturated rings. The second-order valence-electron chi connectivity index (χ2n) is 7.14. The van der Waals surface area contributed by atoms with E-state index >= 15 is 0 Å². The van der Waals surface area contributed by atoms with Crippen molar-refractivity contribution in [1.29, 1.82) is 0 Å². The van der Waals surface area contributed by atoms with Crippen LogP contribution < -0.4 is 15.4 Å². The Morgan fingerprint density at radius 3 is 2.32 bits per heavy atom. The number of ether oxygens (including phenoxy) is 1. The van der Waals surface area contributed by atoms with Crippen LogP contribution in [0.5, 0.6) is 5.75 Å². The monoisotopic (exact) mass is 376 g/mol. The Balaban J connectivity index is 1.60. The first kappa shape index (κ1) is 19.7. The van der Waals surface area contributed by atoms with Crippen LogP contribution in [0.2, 0.25) is 0 Å². The zero-order chi connectivity index (χ0) is 19.9. The summed E-state index contributed by atoms with van der Waals surface area (Å²) in [6.07, 6.45) is 0.909. The molecule has 0 saturated carbocycles. The summed E-state index contributed by atoms with van der Waals surface area (Å²) >= 11 is 0. The number of nitrogens with zero attached hydrogens (tertiary/aromatic N) is 2. The van der Waals surface area contributed by atoms with Crippen LogP contribution in [0.3, 0.4) is 0 Å². The van der Waals surface area contributed by atoms with Gasteiger partial charge in [-0.1, -0.05) is 38.1 Å². The highest BCUT2D eigenvalue weighted by Crippen LogP contribution is 2.20. The average Bonchev–Trinajstić information content (AvgIpc) is 2.68. The molecule has 0 radical (unpaired) electrons. The molecule has 3 rings (SSSR count). The van der Waals surface area contributed by atoms with Crippen LogP contribution in [-0.2, 0) is 6.42 Å². The van der Waals surface area contributed by atoms with Crippen LogP contribution in [0, 0.1) is 6.92 Å². The molecule has 146 valence electrons. The van der Waals surface area contributed by atoms with Gasteiger partial charge in [0, 0.05) is 24.0 Å². The van der Waals surface area contributed by atoms with Crippen molar-refractivity contribution in [1.82, 2.24) is 9.97 Å². The average molecular weight is 377 g/mol. The van der Waals surface area contributed by atoms with Crippen LogP contribution in [-0.4, -0.2) is 23.6 Å². The molecule has 2 N–H and O–H groups in total. The zero-order valence-corrected chi connectivity index (χ0v) is 17.0. The molecule has 0 aliphatic heterocycles. The Morgan fingerprint density at radius 1 is 0.964 bits per heavy atom. The number of benzene rings is 2. The third-order valence-electron chi connectivity index (χ3n) is 4.57. The maximum absolute atomic E-state index is 5.20. The Morgan fingerprint density at radius 2 is 1.68 bits per heavy atom. The molecule has 0 aliphatic carbocycles. The molecule has 28 heavy (non-hydrogen) atoms. The van der Waals surface area contributed by atoms with Gasteiger partial charge in [-0.3, -0.25) is 0 Å². The molecule has 2 aromatic carbocycles. The minimum atomic E-state index is 0.519. The summed E-state index contributed by atoms with van der Waals surface area (Å²) in [6, 6.07) is 18.5. The van der Waals surface area contributed by atoms with E-state index in [1.54, 1.807) is 7.11 Å². The van der Waals surface area contributed by atoms with Gasteiger partial charge in [0.15, 0.2) is 0 Å². The van der Waals surface area contributed by atoms with Crippen molar-refractivity contribution in [2.24, 2.45) is 0 Å². The minimum absolute atomic E-state index is 0.519. The Bertz CT molecular complexity index is 889. The van der Waals surface area contributed by atoms with E-state index in [1.165, 1.54) is 11.1 Å². The lowest BCUT2D eigenvalue weighted by Crippen LogP contribution is -2.08. The highest BCUT2D eigenvalue weighted by Gasteiger charge is 2.04. The molecular formula is C23H28N4O. The van der Waals surface area contributed by atoms with E-state index in [1.807, 2.05) is 25.1 Å². The lowest BCUT2D eigenvalue weighted by molar-refractivity contribution is 0.414. The maximum atomic E-state index is 5.20. The second-order valence-corrected chi connectivity index (χ2v) is 7.14. The third kappa shape index (κ3) is 5.46. The van der Waals surface area contributed by atoms with Gasteiger partial charge in [-0.05, 0) is 54.7 Å². The molecule has 0 atom stereocenters. The first-order valence-electron chi connectivity index (χ1n) is 9.63. The van der Waals surface area contributed by atoms with Crippen molar-refractivity contribution in [2.75, 3.05) is 24.3 Å². The number of hydrogen-bond donors (Lipinski definition) is 2. The van der Waals surface area contributed by atoms with Gasteiger partial charge < -0.3 is 15.4 Å². The SMILES string of the molecule is COc1ccc(CCNc2cc(C)nc(Nc3ccc(C(C)C)cc3)n2)cc1. The van der Waals surface area contributed by atoms with Crippen LogP contribution >= 0.6 is 0 Å². The Labute approximate surface area is 167 Å². The molecule has 3 aromatic rings. The normalized spacial score (nSPS) is 10.8. The molecule has 5 nitrogen and oxygen atoms in total. The Kier molecular flexibility index (Phi) is 6.48. The molecule has 0 saturated heterocycles. The van der Waals surface area contributed by atoms with Crippen molar-refractivity contribution in [2.45, 2.75) is 33.1 Å². The molecule has 0 amide bonds. The topological polar surface area (TPSA) is 59.1 Å². The predicted octanol–water partition coefficient (Wildman–Crippen LogP) is 5.32. The van der Waals surface area contributed by atoms with Crippen LogP contribution in [0.1, 0.15) is 36.6 Å². The summed E-state index contributed by atoms with van der Waals surface area (Å²) in [5.74, 6) is 2.82. The van der Waals surface area contributed by atoms with Crippen LogP contribution in [0.25, 0.3) is 0 Å². The van der Waals surface area contributed by atoms with Crippen molar-refractivity contribution in [3.05, 3.63) is 71.4 Å². The van der Waals surface area contributed by atoms with Crippen molar-refractivity contribution < 1.29 is 4.74 Å². The summed E-state index contributed by atoms with van der Waals surface area (Å²) in [4.78, 5) is 9.09. The molecule has 5 heteroatoms. The molecule has 0 unspecified atom stereocenters. The highest BCUT2D eigenvalue weighted by atomic mass is 16.5. The van der Waals surface area contributed by atoms with E-state index in [0.29, 0.717) is 11.9 Å². The van der Waals surface area contributed by atoms with Gasteiger partial charge >= 0.3 is 0 Å². The van der Waals surface area contributed by atoms with E-state index < -0.39 is 0 Å². The largest absolute Gasteiger partial charge is 0.497 e. The highest BCUT2D eigenvalue weighted by molar-refractivity contribution is 5.56. The van der Waals surface area contributed by atoms with Crippen LogP contribution in [0.15, 0.2) is 54.6 Å². The summed E-state index contributed by atoms with van der Waals surface area (Å²) < 4.78 is 5.20. The van der Waals surface area contributed by atoms with Crippen LogP contribution in [0.4, 0.5) is 17.5 Å². The number of nitrogens with one attached hydrogen (secondary N) is 2. The molecule has 1 aromatic heterocycles. The first-order chi connectivity index (χ1) is 13.5. The van der Waals surface area contributed by atoms with Gasteiger partial charge in [-0.15, -0.1) is 0 Å². The smallest absolute Gasteiger partial charge is 0.229 e. The number of aryl methyl sites for hydroxylation is 1. The van der Waals surface area contributed by atoms with E-state index in [2.05, 4.69) is 70.8 Å². The van der Waals surface area contributed by atoms with Gasteiger partial charge in [0.25, 0.3) is 0 Å². The maximum Gasteiger partial charge on any atom is 0.229 e. The van der Waals surface area contributed by atoms with Crippen molar-refractivity contribution >= 4 is 17.5 Å². The van der Waals surface area contributed by atoms with E-state index in [0.717, 1.165) is 35.9 Å². The van der Waals surface area contributed by atoms with Gasteiger partial charge in [-0.25, -0.2) is 4.98 Å². The number of methoxy groups -OCH3 is 1.